The Morgan fingerprint density at radius 3 is 0.907 bits per heavy atom. The number of thiophene rings is 2. The first-order chi connectivity index (χ1) is 53.6. The highest BCUT2D eigenvalue weighted by molar-refractivity contribution is 7.26. The third-order valence-corrected chi connectivity index (χ3v) is 25.0. The highest BCUT2D eigenvalue weighted by Gasteiger charge is 2.46. The van der Waals surface area contributed by atoms with Crippen LogP contribution in [0, 0.1) is 0 Å². The Labute approximate surface area is 634 Å². The lowest BCUT2D eigenvalue weighted by Crippen LogP contribution is -2.61. The van der Waals surface area contributed by atoms with Crippen molar-refractivity contribution in [3.8, 4) is 94.7 Å². The fourth-order valence-corrected chi connectivity index (χ4v) is 20.2. The van der Waals surface area contributed by atoms with Crippen LogP contribution >= 0.6 is 22.7 Å². The molecule has 22 rings (SSSR count). The zero-order valence-corrected chi connectivity index (χ0v) is 60.3. The number of rotatable bonds is 11. The zero-order chi connectivity index (χ0) is 70.9. The molecule has 0 aliphatic carbocycles. The molecule has 108 heavy (non-hydrogen) atoms. The average Bonchev–Trinajstić information content (AvgIpc) is 0.770. The fraction of sp³-hybridized carbons (Fsp3) is 0. The first-order valence-electron chi connectivity index (χ1n) is 37.1. The molecule has 2 aliphatic heterocycles. The van der Waals surface area contributed by atoms with Gasteiger partial charge in [0.15, 0.2) is 0 Å². The molecule has 0 saturated carbocycles. The molecule has 0 bridgehead atoms. The molecular formula is C102H64BN3S2. The van der Waals surface area contributed by atoms with Crippen LogP contribution in [0.5, 0.6) is 0 Å². The smallest absolute Gasteiger partial charge is 0.252 e. The standard InChI is InChI=1S/C102H64BN3S2/c1-7-29-65(30-8-1)76-45-27-46-77(66-31-9-2-10-32-66)99(76)105-92-61-71(73-57-84(69-37-15-5-16-38-69)101-86(59-73)82-43-21-25-51-96(82)107-101)53-55-88(92)103-89-56-54-72(74-58-85(70-39-17-6-18-40-70)102-87(60-74)83-44-22-26-52-97(83)108-102)62-93(89)106(100-78(67-33-11-3-12-34-67)47-28-48-79(100)68-35-13-4-14-36-68)95-64-75(63-94(105)98(95)103)104-90-49-23-19-41-80(90)81-42-20-24-50-91(81)104/h1-64H. The lowest BCUT2D eigenvalue weighted by Gasteiger charge is -2.46. The van der Waals surface area contributed by atoms with Crippen LogP contribution in [0.4, 0.5) is 34.1 Å². The van der Waals surface area contributed by atoms with Gasteiger partial charge in [-0.1, -0.05) is 315 Å². The van der Waals surface area contributed by atoms with Crippen molar-refractivity contribution in [2.75, 3.05) is 9.80 Å². The summed E-state index contributed by atoms with van der Waals surface area (Å²) in [6.07, 6.45) is 0. The number of anilines is 6. The first kappa shape index (κ1) is 62.1. The van der Waals surface area contributed by atoms with E-state index in [1.165, 1.54) is 89.8 Å². The van der Waals surface area contributed by atoms with E-state index in [4.69, 9.17) is 0 Å². The summed E-state index contributed by atoms with van der Waals surface area (Å²) in [5, 5.41) is 7.47. The summed E-state index contributed by atoms with van der Waals surface area (Å²) in [6.45, 7) is -0.276. The first-order valence-corrected chi connectivity index (χ1v) is 38.8. The summed E-state index contributed by atoms with van der Waals surface area (Å²) in [4.78, 5) is 5.41. The van der Waals surface area contributed by atoms with Gasteiger partial charge in [0.25, 0.3) is 6.71 Å². The highest BCUT2D eigenvalue weighted by Crippen LogP contribution is 2.56. The van der Waals surface area contributed by atoms with Crippen LogP contribution in [-0.4, -0.2) is 11.3 Å². The minimum Gasteiger partial charge on any atom is -0.310 e. The summed E-state index contributed by atoms with van der Waals surface area (Å²) in [6, 6.07) is 146. The second kappa shape index (κ2) is 25.2. The van der Waals surface area contributed by atoms with Crippen molar-refractivity contribution in [1.29, 1.82) is 0 Å². The molecule has 17 aromatic carbocycles. The number of nitrogens with zero attached hydrogens (tertiary/aromatic N) is 3. The maximum Gasteiger partial charge on any atom is 0.252 e. The van der Waals surface area contributed by atoms with Gasteiger partial charge in [-0.2, -0.15) is 0 Å². The van der Waals surface area contributed by atoms with Gasteiger partial charge in [0, 0.05) is 107 Å². The summed E-state index contributed by atoms with van der Waals surface area (Å²) < 4.78 is 7.69. The lowest BCUT2D eigenvalue weighted by atomic mass is 9.33. The van der Waals surface area contributed by atoms with E-state index in [1.807, 2.05) is 22.7 Å². The van der Waals surface area contributed by atoms with E-state index in [0.29, 0.717) is 0 Å². The van der Waals surface area contributed by atoms with E-state index in [1.54, 1.807) is 0 Å². The molecule has 502 valence electrons. The van der Waals surface area contributed by atoms with Gasteiger partial charge < -0.3 is 14.4 Å². The molecular weight excluding hydrogens is 1340 g/mol. The molecule has 0 amide bonds. The molecule has 5 heterocycles. The van der Waals surface area contributed by atoms with Gasteiger partial charge in [0.1, 0.15) is 0 Å². The molecule has 3 nitrogen and oxygen atoms in total. The zero-order valence-electron chi connectivity index (χ0n) is 58.7. The van der Waals surface area contributed by atoms with Crippen molar-refractivity contribution in [2.45, 2.75) is 0 Å². The van der Waals surface area contributed by atoms with Crippen molar-refractivity contribution in [3.63, 3.8) is 0 Å². The third kappa shape index (κ3) is 9.88. The fourth-order valence-electron chi connectivity index (χ4n) is 17.8. The Hall–Kier alpha value is -13.4. The van der Waals surface area contributed by atoms with Crippen molar-refractivity contribution < 1.29 is 0 Å². The van der Waals surface area contributed by atoms with E-state index in [-0.39, 0.29) is 6.71 Å². The van der Waals surface area contributed by atoms with Gasteiger partial charge in [-0.05, 0) is 145 Å². The van der Waals surface area contributed by atoms with Crippen LogP contribution in [0.1, 0.15) is 0 Å². The minimum atomic E-state index is -0.276. The predicted molar refractivity (Wildman–Crippen MR) is 464 cm³/mol. The molecule has 6 heteroatoms. The van der Waals surface area contributed by atoms with Crippen molar-refractivity contribution >= 4 is 142 Å². The van der Waals surface area contributed by atoms with Gasteiger partial charge in [-0.15, -0.1) is 22.7 Å². The van der Waals surface area contributed by atoms with E-state index in [2.05, 4.69) is 403 Å². The largest absolute Gasteiger partial charge is 0.310 e. The summed E-state index contributed by atoms with van der Waals surface area (Å²) in [5.41, 5.74) is 32.1. The summed E-state index contributed by atoms with van der Waals surface area (Å²) >= 11 is 3.78. The quantitative estimate of drug-likeness (QED) is 0.120. The van der Waals surface area contributed by atoms with Crippen molar-refractivity contribution in [3.05, 3.63) is 388 Å². The van der Waals surface area contributed by atoms with Crippen LogP contribution in [0.2, 0.25) is 0 Å². The Morgan fingerprint density at radius 2 is 0.537 bits per heavy atom. The molecule has 2 aliphatic rings. The van der Waals surface area contributed by atoms with Crippen molar-refractivity contribution in [2.24, 2.45) is 0 Å². The monoisotopic (exact) mass is 1410 g/mol. The Kier molecular flexibility index (Phi) is 14.5. The average molecular weight is 1410 g/mol. The van der Waals surface area contributed by atoms with Crippen LogP contribution in [0.3, 0.4) is 0 Å². The SMILES string of the molecule is c1ccc(-c2cccc(-c3ccccc3)c2N2c3cc(-c4cc(-c5ccccc5)c5sc6ccccc6c5c4)ccc3B3c4ccc(-c5cc(-c6ccccc6)c6sc7ccccc7c6c5)cc4N(c4c(-c5ccccc5)cccc4-c4ccccc4)c4cc(-n5c6ccccc6c6ccccc65)cc2c43)cc1. The Bertz CT molecular complexity index is 6460. The number of aromatic nitrogens is 1. The highest BCUT2D eigenvalue weighted by atomic mass is 32.1. The summed E-state index contributed by atoms with van der Waals surface area (Å²) in [5.74, 6) is 0. The predicted octanol–water partition coefficient (Wildman–Crippen LogP) is 26.9. The lowest BCUT2D eigenvalue weighted by molar-refractivity contribution is 1.16. The summed E-state index contributed by atoms with van der Waals surface area (Å²) in [7, 11) is 0. The third-order valence-electron chi connectivity index (χ3n) is 22.5. The van der Waals surface area contributed by atoms with Crippen LogP contribution < -0.4 is 26.2 Å². The minimum absolute atomic E-state index is 0.276. The normalized spacial score (nSPS) is 12.4. The van der Waals surface area contributed by atoms with Crippen LogP contribution in [0.25, 0.3) is 157 Å². The van der Waals surface area contributed by atoms with Gasteiger partial charge in [-0.3, -0.25) is 0 Å². The number of benzene rings is 17. The molecule has 3 aromatic heterocycles. The molecule has 20 aromatic rings. The molecule has 0 radical (unpaired) electrons. The van der Waals surface area contributed by atoms with E-state index in [9.17, 15) is 0 Å². The second-order valence-corrected chi connectivity index (χ2v) is 30.6. The molecule has 0 spiro atoms. The van der Waals surface area contributed by atoms with E-state index in [0.717, 1.165) is 118 Å². The maximum atomic E-state index is 2.71. The van der Waals surface area contributed by atoms with Gasteiger partial charge in [0.05, 0.1) is 28.1 Å². The topological polar surface area (TPSA) is 11.4 Å². The molecule has 0 N–H and O–H groups in total. The van der Waals surface area contributed by atoms with Gasteiger partial charge in [0.2, 0.25) is 0 Å². The molecule has 0 atom stereocenters. The van der Waals surface area contributed by atoms with E-state index < -0.39 is 0 Å². The molecule has 0 unspecified atom stereocenters. The second-order valence-electron chi connectivity index (χ2n) is 28.5. The Balaban J connectivity index is 0.912. The van der Waals surface area contributed by atoms with Gasteiger partial charge >= 0.3 is 0 Å². The molecule has 0 saturated heterocycles. The van der Waals surface area contributed by atoms with Crippen LogP contribution in [-0.2, 0) is 0 Å². The molecule has 0 fully saturated rings. The number of para-hydroxylation sites is 4. The van der Waals surface area contributed by atoms with E-state index >= 15 is 0 Å². The number of hydrogen-bond acceptors (Lipinski definition) is 4. The number of hydrogen-bond donors (Lipinski definition) is 0. The maximum absolute atomic E-state index is 2.71. The van der Waals surface area contributed by atoms with Crippen molar-refractivity contribution in [1.82, 2.24) is 4.57 Å². The van der Waals surface area contributed by atoms with Gasteiger partial charge in [-0.25, -0.2) is 0 Å². The van der Waals surface area contributed by atoms with Crippen LogP contribution in [0.15, 0.2) is 388 Å². The number of fused-ring (bicyclic) bond motifs is 13. The Morgan fingerprint density at radius 1 is 0.213 bits per heavy atom.